The number of carbonyl (C=O) groups excluding carboxylic acids is 3. The molecular weight excluding hydrogens is 1730 g/mol. The van der Waals surface area contributed by atoms with E-state index in [1.165, 1.54) is 0 Å². The Labute approximate surface area is 733 Å². The summed E-state index contributed by atoms with van der Waals surface area (Å²) in [5, 5.41) is 31.2. The van der Waals surface area contributed by atoms with Gasteiger partial charge in [-0.3, -0.25) is 14.4 Å². The minimum Gasteiger partial charge on any atom is -0.466 e. The molecule has 117 heavy (non-hydrogen) atoms. The molecule has 0 bridgehead atoms. The van der Waals surface area contributed by atoms with E-state index in [9.17, 15) is 29.7 Å². The Hall–Kier alpha value is -0.505. The van der Waals surface area contributed by atoms with Crippen LogP contribution in [0.4, 0.5) is 0 Å². The van der Waals surface area contributed by atoms with Crippen molar-refractivity contribution in [2.45, 2.75) is 479 Å². The van der Waals surface area contributed by atoms with E-state index in [0.29, 0.717) is 32.7 Å². The maximum Gasteiger partial charge on any atom is 0.308 e. The molecule has 0 aliphatic carbocycles. The fraction of sp³-hybridized carbons (Fsp3) is 0.897. The molecule has 0 aromatic carbocycles. The number of aliphatic hydroxyl groups excluding tert-OH is 3. The van der Waals surface area contributed by atoms with Crippen LogP contribution in [0, 0.1) is 0 Å². The SMILES string of the molecule is CCOC(=O)C[C@H]1CC[C@@H]2O[C@@H]([C@@H](O)/C=C/[Si](C)(C)C)[C@@H](O)[C@@H](O)[C@H]2O1.CCOC(=O)C[C@H]1CC[C@@H]2O[C@@H]([C@H](/C=C/I)O[Si](C)(C)C(C)(C)C)[C@@H](O[Si](C)(C)C(C)(C)C)[C@@H](O[Si](C)(C)C(C)(C)C)[C@H]2O1.CCOC(=O)C[C@H]1CC[C@@H]2O[C@@H]([C@H](/C=C/[Si](C)(C)C)O[Si](C)(C)C(C)(C)C)[C@@H](O[Si](C)(C)C(C)(C)C)[C@@H](O[Si](C)(C)C(C)(C)C)[C@H]2O1. The zero-order valence-corrected chi connectivity index (χ0v) is 90.8. The summed E-state index contributed by atoms with van der Waals surface area (Å²) >= 11 is 2.29. The van der Waals surface area contributed by atoms with Crippen LogP contribution in [-0.2, 0) is 83.6 Å². The van der Waals surface area contributed by atoms with Gasteiger partial charge in [-0.1, -0.05) is 210 Å². The zero-order chi connectivity index (χ0) is 90.2. The highest BCUT2D eigenvalue weighted by Crippen LogP contribution is 2.51. The third-order valence-electron chi connectivity index (χ3n) is 26.8. The monoisotopic (exact) mass is 1900 g/mol. The highest BCUT2D eigenvalue weighted by Gasteiger charge is 2.61. The minimum absolute atomic E-state index is 0.0179. The van der Waals surface area contributed by atoms with Crippen LogP contribution < -0.4 is 0 Å². The fourth-order valence-electron chi connectivity index (χ4n) is 13.5. The molecule has 6 aliphatic heterocycles. The van der Waals surface area contributed by atoms with Crippen LogP contribution in [0.3, 0.4) is 0 Å². The topological polar surface area (TPSA) is 250 Å². The second kappa shape index (κ2) is 42.6. The molecule has 21 nitrogen and oxygen atoms in total. The van der Waals surface area contributed by atoms with Gasteiger partial charge >= 0.3 is 17.9 Å². The standard InChI is InChI=1S/C36H74O7Si4.C33H65IO7Si3.C18H32O7Si/c1-20-38-29(37)25-26-21-22-27-30(39-26)32(42-46(16,17)35(5,6)7)33(43-47(18,19)36(8,9)10)31(40-27)28(23-24-44(11,12)13)41-45(14,15)34(2,3)4;1-17-36-26(35)22-23-18-19-24-27(37-23)29(40-43(13,14)32(5,6)7)30(41-44(15,16)33(8,9)10)28(38-24)25(20-21-34)39-42(11,12)31(2,3)4;1-5-23-14(20)10-11-6-7-13-18(24-11)16(22)15(21)17(25-13)12(19)8-9-26(2,3)4/h23-24,26-28,30-33H,20-22,25H2,1-19H3;20-21,23-25,27-30H,17-19,22H2,1-16H3;8-9,11-13,15-19,21-22H,5-7,10H2,1-4H3/b24-23+;21-20+;9-8+/t26-,27+,28+,30+,31+,32+,33-;23-,24+,25+,27+,28+,29+,30-;11-,12+,13+,15+,16-,17+,18+/m111/s1. The number of esters is 3. The lowest BCUT2D eigenvalue weighted by molar-refractivity contribution is -0.274. The molecule has 0 radical (unpaired) electrons. The van der Waals surface area contributed by atoms with Gasteiger partial charge in [-0.2, -0.15) is 0 Å². The van der Waals surface area contributed by atoms with E-state index in [4.69, 9.17) is 69.2 Å². The smallest absolute Gasteiger partial charge is 0.308 e. The molecule has 0 aromatic heterocycles. The number of carbonyl (C=O) groups is 3. The van der Waals surface area contributed by atoms with Gasteiger partial charge in [-0.05, 0) is 178 Å². The van der Waals surface area contributed by atoms with E-state index in [-0.39, 0.29) is 147 Å². The van der Waals surface area contributed by atoms with Crippen molar-refractivity contribution in [1.29, 1.82) is 0 Å². The molecule has 6 heterocycles. The Bertz CT molecular complexity index is 3190. The molecule has 6 rings (SSSR count). The van der Waals surface area contributed by atoms with E-state index in [1.54, 1.807) is 13.0 Å². The third-order valence-corrected chi connectivity index (χ3v) is 56.4. The average molecular weight is 1900 g/mol. The van der Waals surface area contributed by atoms with Gasteiger partial charge in [0.1, 0.15) is 79.4 Å². The Morgan fingerprint density at radius 2 is 0.632 bits per heavy atom. The van der Waals surface area contributed by atoms with Crippen molar-refractivity contribution >= 4 is 107 Å². The largest absolute Gasteiger partial charge is 0.466 e. The second-order valence-electron chi connectivity index (χ2n) is 45.1. The van der Waals surface area contributed by atoms with Crippen LogP contribution >= 0.6 is 22.6 Å². The number of halogens is 1. The quantitative estimate of drug-likeness (QED) is 0.0272. The summed E-state index contributed by atoms with van der Waals surface area (Å²) in [5.41, 5.74) is 4.39. The van der Waals surface area contributed by atoms with Gasteiger partial charge in [0.25, 0.3) is 0 Å². The van der Waals surface area contributed by atoms with Gasteiger partial charge in [0.05, 0.1) is 104 Å². The summed E-state index contributed by atoms with van der Waals surface area (Å²) in [7, 11) is -16.8. The van der Waals surface area contributed by atoms with Gasteiger partial charge < -0.3 is 84.5 Å². The predicted octanol–water partition coefficient (Wildman–Crippen LogP) is 20.0. The Morgan fingerprint density at radius 3 is 0.915 bits per heavy atom. The van der Waals surface area contributed by atoms with Crippen LogP contribution in [0.2, 0.25) is 148 Å². The molecule has 6 fully saturated rings. The number of ether oxygens (including phenoxy) is 9. The van der Waals surface area contributed by atoms with Crippen molar-refractivity contribution in [2.75, 3.05) is 19.8 Å². The Kier molecular flexibility index (Phi) is 39.6. The van der Waals surface area contributed by atoms with Crippen LogP contribution in [0.25, 0.3) is 0 Å². The van der Waals surface area contributed by atoms with Crippen molar-refractivity contribution in [3.05, 3.63) is 33.7 Å². The molecule has 0 aromatic rings. The lowest BCUT2D eigenvalue weighted by Gasteiger charge is -2.56. The van der Waals surface area contributed by atoms with Gasteiger partial charge in [-0.15, -0.1) is 0 Å². The molecule has 30 heteroatoms. The molecule has 0 unspecified atom stereocenters. The molecule has 0 saturated carbocycles. The van der Waals surface area contributed by atoms with Gasteiger partial charge in [0.2, 0.25) is 0 Å². The summed E-state index contributed by atoms with van der Waals surface area (Å²) < 4.78 is 101. The molecule has 6 aliphatic rings. The zero-order valence-electron chi connectivity index (χ0n) is 80.6. The molecule has 0 amide bonds. The van der Waals surface area contributed by atoms with Crippen molar-refractivity contribution in [3.8, 4) is 0 Å². The summed E-state index contributed by atoms with van der Waals surface area (Å²) in [4.78, 5) is 36.7. The maximum absolute atomic E-state index is 12.6. The third kappa shape index (κ3) is 31.2. The molecular formula is C87H171IO21Si8. The van der Waals surface area contributed by atoms with Gasteiger partial charge in [0, 0.05) is 0 Å². The van der Waals surface area contributed by atoms with Crippen molar-refractivity contribution in [3.63, 3.8) is 0 Å². The number of hydrogen-bond acceptors (Lipinski definition) is 21. The van der Waals surface area contributed by atoms with Crippen molar-refractivity contribution < 1.29 is 98.9 Å². The summed E-state index contributed by atoms with van der Waals surface area (Å²) in [6.07, 6.45) is 0.514. The van der Waals surface area contributed by atoms with E-state index in [2.05, 4.69) is 283 Å². The van der Waals surface area contributed by atoms with Crippen molar-refractivity contribution in [1.82, 2.24) is 0 Å². The van der Waals surface area contributed by atoms with Crippen molar-refractivity contribution in [2.24, 2.45) is 0 Å². The molecule has 3 N–H and O–H groups in total. The van der Waals surface area contributed by atoms with E-state index < -0.39 is 115 Å². The minimum atomic E-state index is -2.34. The number of rotatable bonds is 29. The summed E-state index contributed by atoms with van der Waals surface area (Å²) in [6, 6.07) is 0. The van der Waals surface area contributed by atoms with E-state index in [1.807, 2.05) is 23.6 Å². The van der Waals surface area contributed by atoms with Crippen LogP contribution in [-0.4, -0.2) is 247 Å². The molecule has 6 saturated heterocycles. The lowest BCUT2D eigenvalue weighted by Crippen LogP contribution is -2.69. The molecule has 684 valence electrons. The first-order valence-corrected chi connectivity index (χ1v) is 69.8. The van der Waals surface area contributed by atoms with Crippen LogP contribution in [0.1, 0.15) is 203 Å². The first kappa shape index (κ1) is 109. The number of hydrogen-bond donors (Lipinski definition) is 3. The second-order valence-corrected chi connectivity index (χ2v) is 84.5. The maximum atomic E-state index is 12.6. The average Bonchev–Trinajstić information content (AvgIpc) is 0.749. The normalized spacial score (nSPS) is 30.1. The highest BCUT2D eigenvalue weighted by atomic mass is 127. The predicted molar refractivity (Wildman–Crippen MR) is 502 cm³/mol. The van der Waals surface area contributed by atoms with E-state index >= 15 is 0 Å². The number of aliphatic hydroxyl groups is 3. The van der Waals surface area contributed by atoms with E-state index in [0.717, 1.165) is 25.7 Å². The Balaban J connectivity index is 0.000000384. The Morgan fingerprint density at radius 1 is 0.368 bits per heavy atom. The fourth-order valence-corrected chi connectivity index (χ4v) is 23.1. The summed E-state index contributed by atoms with van der Waals surface area (Å²) in [6.45, 7) is 88.6. The molecule has 21 atom stereocenters. The first-order chi connectivity index (χ1) is 52.8. The van der Waals surface area contributed by atoms with Gasteiger partial charge in [0.15, 0.2) is 49.9 Å². The van der Waals surface area contributed by atoms with Crippen LogP contribution in [0.5, 0.6) is 0 Å². The van der Waals surface area contributed by atoms with Gasteiger partial charge in [-0.25, -0.2) is 0 Å². The summed E-state index contributed by atoms with van der Waals surface area (Å²) in [5.74, 6) is -0.787. The highest BCUT2D eigenvalue weighted by molar-refractivity contribution is 14.1. The number of fused-ring (bicyclic) bond motifs is 3. The lowest BCUT2D eigenvalue weighted by atomic mass is 9.87. The molecule has 0 spiro atoms. The first-order valence-electron chi connectivity index (χ1n) is 44.0. The van der Waals surface area contributed by atoms with Crippen LogP contribution in [0.15, 0.2) is 33.7 Å².